The Hall–Kier alpha value is -2.78. The first-order valence-corrected chi connectivity index (χ1v) is 9.94. The fourth-order valence-electron chi connectivity index (χ4n) is 3.19. The van der Waals surface area contributed by atoms with E-state index in [2.05, 4.69) is 10.1 Å². The van der Waals surface area contributed by atoms with E-state index in [-0.39, 0.29) is 10.8 Å². The molecule has 2 aromatic carbocycles. The number of halogens is 4. The summed E-state index contributed by atoms with van der Waals surface area (Å²) in [6.07, 6.45) is -4.85. The quantitative estimate of drug-likeness (QED) is 0.552. The molecule has 4 rings (SSSR count). The van der Waals surface area contributed by atoms with Crippen LogP contribution in [0.1, 0.15) is 17.5 Å². The van der Waals surface area contributed by atoms with Crippen LogP contribution < -0.4 is 5.01 Å². The fraction of sp³-hybridized carbons (Fsp3) is 0.238. The third kappa shape index (κ3) is 3.37. The van der Waals surface area contributed by atoms with Crippen LogP contribution in [-0.4, -0.2) is 33.9 Å². The number of nitrogens with zero attached hydrogens (tertiary/aromatic N) is 3. The average Bonchev–Trinajstić information content (AvgIpc) is 3.35. The molecule has 0 saturated heterocycles. The van der Waals surface area contributed by atoms with E-state index in [1.807, 2.05) is 13.0 Å². The maximum atomic E-state index is 14.5. The van der Waals surface area contributed by atoms with Crippen molar-refractivity contribution >= 4 is 22.2 Å². The molecule has 0 radical (unpaired) electrons. The second kappa shape index (κ2) is 7.48. The van der Waals surface area contributed by atoms with E-state index in [1.54, 1.807) is 53.9 Å². The highest BCUT2D eigenvalue weighted by atomic mass is 32.1. The van der Waals surface area contributed by atoms with Crippen molar-refractivity contribution in [1.82, 2.24) is 4.98 Å². The molecule has 156 valence electrons. The van der Waals surface area contributed by atoms with Crippen LogP contribution in [0.5, 0.6) is 0 Å². The molecule has 0 amide bonds. The van der Waals surface area contributed by atoms with Crippen LogP contribution in [0.2, 0.25) is 0 Å². The second-order valence-electron chi connectivity index (χ2n) is 7.02. The molecule has 3 aromatic rings. The fourth-order valence-corrected chi connectivity index (χ4v) is 4.04. The first-order chi connectivity index (χ1) is 14.2. The SMILES string of the molecule is Cc1ccc(C2=NN(c3nc(-c4ccccc4)cs3)C(O)(C(F)(F)C(F)F)C2)cc1. The van der Waals surface area contributed by atoms with Gasteiger partial charge in [0.25, 0.3) is 0 Å². The molecule has 0 aliphatic carbocycles. The summed E-state index contributed by atoms with van der Waals surface area (Å²) >= 11 is 0.941. The lowest BCUT2D eigenvalue weighted by Gasteiger charge is -2.36. The molecule has 0 saturated carbocycles. The summed E-state index contributed by atoms with van der Waals surface area (Å²) in [6, 6.07) is 15.8. The number of hydrogen-bond acceptors (Lipinski definition) is 5. The molecule has 1 aliphatic rings. The predicted molar refractivity (Wildman–Crippen MR) is 108 cm³/mol. The number of anilines is 1. The normalized spacial score (nSPS) is 19.4. The summed E-state index contributed by atoms with van der Waals surface area (Å²) in [5.74, 6) is -4.73. The van der Waals surface area contributed by atoms with Gasteiger partial charge in [-0.1, -0.05) is 60.2 Å². The maximum Gasteiger partial charge on any atom is 0.355 e. The lowest BCUT2D eigenvalue weighted by atomic mass is 9.96. The Balaban J connectivity index is 1.78. The molecular weight excluding hydrogens is 418 g/mol. The topological polar surface area (TPSA) is 48.7 Å². The van der Waals surface area contributed by atoms with Gasteiger partial charge in [0.2, 0.25) is 10.9 Å². The minimum atomic E-state index is -4.73. The lowest BCUT2D eigenvalue weighted by molar-refractivity contribution is -0.237. The predicted octanol–water partition coefficient (Wildman–Crippen LogP) is 5.32. The molecule has 2 heterocycles. The number of hydrazone groups is 1. The third-order valence-electron chi connectivity index (χ3n) is 4.92. The number of aryl methyl sites for hydroxylation is 1. The summed E-state index contributed by atoms with van der Waals surface area (Å²) in [5, 5.41) is 17.0. The van der Waals surface area contributed by atoms with Crippen LogP contribution >= 0.6 is 11.3 Å². The van der Waals surface area contributed by atoms with E-state index in [9.17, 15) is 22.7 Å². The first kappa shape index (κ1) is 20.5. The highest BCUT2D eigenvalue weighted by Crippen LogP contribution is 2.46. The molecule has 0 fully saturated rings. The Bertz CT molecular complexity index is 1070. The van der Waals surface area contributed by atoms with Crippen LogP contribution in [0.4, 0.5) is 22.7 Å². The highest BCUT2D eigenvalue weighted by molar-refractivity contribution is 7.14. The standard InChI is InChI=1S/C21H17F4N3OS/c1-13-7-9-15(10-8-13)16-11-20(29,21(24,25)18(22)23)28(27-16)19-26-17(12-30-19)14-5-3-2-4-6-14/h2-10,12,18,29H,11H2,1H3. The molecule has 0 spiro atoms. The summed E-state index contributed by atoms with van der Waals surface area (Å²) in [7, 11) is 0. The largest absolute Gasteiger partial charge is 0.364 e. The van der Waals surface area contributed by atoms with Crippen LogP contribution in [0, 0.1) is 6.92 Å². The van der Waals surface area contributed by atoms with E-state index < -0.39 is 24.5 Å². The van der Waals surface area contributed by atoms with Crippen molar-refractivity contribution in [2.75, 3.05) is 5.01 Å². The van der Waals surface area contributed by atoms with Crippen molar-refractivity contribution in [3.8, 4) is 11.3 Å². The van der Waals surface area contributed by atoms with Crippen molar-refractivity contribution in [2.45, 2.75) is 31.4 Å². The monoisotopic (exact) mass is 435 g/mol. The molecule has 1 N–H and O–H groups in total. The minimum absolute atomic E-state index is 0.0780. The van der Waals surface area contributed by atoms with E-state index in [4.69, 9.17) is 0 Å². The van der Waals surface area contributed by atoms with Crippen molar-refractivity contribution in [3.63, 3.8) is 0 Å². The molecule has 1 unspecified atom stereocenters. The minimum Gasteiger partial charge on any atom is -0.364 e. The van der Waals surface area contributed by atoms with Crippen LogP contribution in [-0.2, 0) is 0 Å². The lowest BCUT2D eigenvalue weighted by Crippen LogP contribution is -2.60. The van der Waals surface area contributed by atoms with Gasteiger partial charge in [-0.05, 0) is 12.5 Å². The first-order valence-electron chi connectivity index (χ1n) is 9.06. The zero-order chi connectivity index (χ0) is 21.5. The Morgan fingerprint density at radius 1 is 1.07 bits per heavy atom. The van der Waals surface area contributed by atoms with Gasteiger partial charge in [-0.2, -0.15) is 18.9 Å². The number of rotatable bonds is 5. The van der Waals surface area contributed by atoms with Gasteiger partial charge in [0.05, 0.1) is 11.4 Å². The molecule has 1 aliphatic heterocycles. The smallest absolute Gasteiger partial charge is 0.355 e. The van der Waals surface area contributed by atoms with E-state index in [1.165, 1.54) is 0 Å². The molecular formula is C21H17F4N3OS. The van der Waals surface area contributed by atoms with E-state index in [0.717, 1.165) is 22.5 Å². The van der Waals surface area contributed by atoms with Gasteiger partial charge in [0.15, 0.2) is 0 Å². The Morgan fingerprint density at radius 2 is 1.73 bits per heavy atom. The Labute approximate surface area is 174 Å². The Kier molecular flexibility index (Phi) is 5.11. The van der Waals surface area contributed by atoms with Crippen LogP contribution in [0.25, 0.3) is 11.3 Å². The number of benzene rings is 2. The van der Waals surface area contributed by atoms with Crippen molar-refractivity contribution in [2.24, 2.45) is 5.10 Å². The van der Waals surface area contributed by atoms with Gasteiger partial charge in [0.1, 0.15) is 0 Å². The van der Waals surface area contributed by atoms with Crippen LogP contribution in [0.3, 0.4) is 0 Å². The Morgan fingerprint density at radius 3 is 2.37 bits per heavy atom. The maximum absolute atomic E-state index is 14.5. The van der Waals surface area contributed by atoms with Gasteiger partial charge in [0, 0.05) is 17.4 Å². The van der Waals surface area contributed by atoms with Crippen LogP contribution in [0.15, 0.2) is 65.1 Å². The second-order valence-corrected chi connectivity index (χ2v) is 7.86. The summed E-state index contributed by atoms with van der Waals surface area (Å²) in [6.45, 7) is 1.86. The molecule has 30 heavy (non-hydrogen) atoms. The highest BCUT2D eigenvalue weighted by Gasteiger charge is 2.66. The number of alkyl halides is 4. The number of aliphatic hydroxyl groups is 1. The molecule has 9 heteroatoms. The van der Waals surface area contributed by atoms with Gasteiger partial charge in [-0.3, -0.25) is 0 Å². The number of thiazole rings is 1. The number of aromatic nitrogens is 1. The molecule has 1 atom stereocenters. The van der Waals surface area contributed by atoms with Gasteiger partial charge < -0.3 is 5.11 Å². The summed E-state index contributed by atoms with van der Waals surface area (Å²) < 4.78 is 55.5. The van der Waals surface area contributed by atoms with Crippen molar-refractivity contribution in [1.29, 1.82) is 0 Å². The number of hydrogen-bond donors (Lipinski definition) is 1. The van der Waals surface area contributed by atoms with E-state index >= 15 is 0 Å². The zero-order valence-electron chi connectivity index (χ0n) is 15.8. The average molecular weight is 435 g/mol. The molecule has 4 nitrogen and oxygen atoms in total. The summed E-state index contributed by atoms with van der Waals surface area (Å²) in [4.78, 5) is 4.27. The van der Waals surface area contributed by atoms with E-state index in [0.29, 0.717) is 16.3 Å². The van der Waals surface area contributed by atoms with Gasteiger partial charge in [-0.15, -0.1) is 11.3 Å². The van der Waals surface area contributed by atoms with Crippen molar-refractivity contribution in [3.05, 3.63) is 71.1 Å². The molecule has 0 bridgehead atoms. The van der Waals surface area contributed by atoms with Gasteiger partial charge in [-0.25, -0.2) is 13.8 Å². The zero-order valence-corrected chi connectivity index (χ0v) is 16.6. The molecule has 1 aromatic heterocycles. The van der Waals surface area contributed by atoms with Crippen molar-refractivity contribution < 1.29 is 22.7 Å². The summed E-state index contributed by atoms with van der Waals surface area (Å²) in [5.41, 5.74) is -0.563. The third-order valence-corrected chi connectivity index (χ3v) is 5.74. The van der Waals surface area contributed by atoms with Gasteiger partial charge >= 0.3 is 12.3 Å².